The number of hydrogen-bond acceptors (Lipinski definition) is 4. The molecule has 0 radical (unpaired) electrons. The number of alkyl carbamates (subject to hydrolysis) is 1. The summed E-state index contributed by atoms with van der Waals surface area (Å²) in [6.07, 6.45) is 3.89. The summed E-state index contributed by atoms with van der Waals surface area (Å²) in [5.41, 5.74) is -1.98. The number of carboxylic acid groups (broad SMARTS) is 1. The Balaban J connectivity index is 1.81. The summed E-state index contributed by atoms with van der Waals surface area (Å²) < 4.78 is 5.23. The van der Waals surface area contributed by atoms with Crippen LogP contribution in [0.1, 0.15) is 59.3 Å². The van der Waals surface area contributed by atoms with Gasteiger partial charge in [-0.05, 0) is 71.1 Å². The standard InChI is InChI=1S/C17H27NO5/c1-15(2,3)23-14(21)18-12(13(19)20)16-5-10-4-11(6-16)8-17(22,7-10)9-16/h10-12,22H,4-9H2,1-3H3,(H,18,21)(H,19,20). The number of carbonyl (C=O) groups excluding carboxylic acids is 1. The molecule has 4 saturated carbocycles. The molecular weight excluding hydrogens is 298 g/mol. The molecule has 4 rings (SSSR count). The van der Waals surface area contributed by atoms with Crippen molar-refractivity contribution < 1.29 is 24.5 Å². The van der Waals surface area contributed by atoms with E-state index < -0.39 is 34.7 Å². The Bertz CT molecular complexity index is 510. The number of aliphatic carboxylic acids is 1. The first-order chi connectivity index (χ1) is 10.5. The van der Waals surface area contributed by atoms with Crippen LogP contribution in [0.3, 0.4) is 0 Å². The van der Waals surface area contributed by atoms with Gasteiger partial charge in [0, 0.05) is 5.41 Å². The molecule has 4 aliphatic rings. The lowest BCUT2D eigenvalue weighted by Gasteiger charge is -2.61. The van der Waals surface area contributed by atoms with Crippen molar-refractivity contribution >= 4 is 12.1 Å². The van der Waals surface area contributed by atoms with E-state index in [0.29, 0.717) is 18.3 Å². The molecule has 0 saturated heterocycles. The maximum absolute atomic E-state index is 12.1. The van der Waals surface area contributed by atoms with E-state index in [2.05, 4.69) is 5.32 Å². The van der Waals surface area contributed by atoms with E-state index >= 15 is 0 Å². The Hall–Kier alpha value is -1.30. The summed E-state index contributed by atoms with van der Waals surface area (Å²) in [6.45, 7) is 5.24. The van der Waals surface area contributed by atoms with Gasteiger partial charge >= 0.3 is 12.1 Å². The van der Waals surface area contributed by atoms with Crippen LogP contribution in [-0.4, -0.2) is 39.5 Å². The average molecular weight is 325 g/mol. The molecule has 0 aliphatic heterocycles. The highest BCUT2D eigenvalue weighted by Gasteiger charge is 2.61. The third-order valence-electron chi connectivity index (χ3n) is 5.60. The zero-order chi connectivity index (χ0) is 17.0. The molecule has 1 amide bonds. The number of amides is 1. The van der Waals surface area contributed by atoms with Gasteiger partial charge in [0.05, 0.1) is 5.60 Å². The molecule has 130 valence electrons. The number of hydrogen-bond donors (Lipinski definition) is 3. The second kappa shape index (κ2) is 5.10. The number of carbonyl (C=O) groups is 2. The van der Waals surface area contributed by atoms with Gasteiger partial charge in [0.1, 0.15) is 11.6 Å². The van der Waals surface area contributed by atoms with Crippen molar-refractivity contribution in [3.63, 3.8) is 0 Å². The van der Waals surface area contributed by atoms with Crippen molar-refractivity contribution in [3.8, 4) is 0 Å². The Labute approximate surface area is 136 Å². The van der Waals surface area contributed by atoms with Gasteiger partial charge in [0.2, 0.25) is 0 Å². The fourth-order valence-electron chi connectivity index (χ4n) is 5.52. The molecule has 3 unspecified atom stereocenters. The molecule has 6 nitrogen and oxygen atoms in total. The second-order valence-electron chi connectivity index (χ2n) is 8.97. The highest BCUT2D eigenvalue weighted by molar-refractivity contribution is 5.81. The Kier molecular flexibility index (Phi) is 3.67. The van der Waals surface area contributed by atoms with E-state index in [1.807, 2.05) is 0 Å². The van der Waals surface area contributed by atoms with E-state index in [1.54, 1.807) is 20.8 Å². The summed E-state index contributed by atoms with van der Waals surface area (Å²) >= 11 is 0. The van der Waals surface area contributed by atoms with Gasteiger partial charge in [-0.1, -0.05) is 0 Å². The quantitative estimate of drug-likeness (QED) is 0.740. The molecule has 3 atom stereocenters. The first-order valence-corrected chi connectivity index (χ1v) is 8.45. The highest BCUT2D eigenvalue weighted by Crippen LogP contribution is 2.62. The lowest BCUT2D eigenvalue weighted by molar-refractivity contribution is -0.182. The summed E-state index contributed by atoms with van der Waals surface area (Å²) in [6, 6.07) is -1.00. The van der Waals surface area contributed by atoms with Crippen LogP contribution in [0.4, 0.5) is 4.79 Å². The molecule has 0 aromatic heterocycles. The lowest BCUT2D eigenvalue weighted by atomic mass is 9.46. The minimum Gasteiger partial charge on any atom is -0.480 e. The van der Waals surface area contributed by atoms with Crippen molar-refractivity contribution in [2.24, 2.45) is 17.3 Å². The number of rotatable bonds is 3. The van der Waals surface area contributed by atoms with E-state index in [9.17, 15) is 19.8 Å². The van der Waals surface area contributed by atoms with Crippen LogP contribution in [0.15, 0.2) is 0 Å². The zero-order valence-electron chi connectivity index (χ0n) is 14.1. The molecule has 6 heteroatoms. The van der Waals surface area contributed by atoms with E-state index in [0.717, 1.165) is 32.1 Å². The van der Waals surface area contributed by atoms with Crippen LogP contribution in [0.2, 0.25) is 0 Å². The van der Waals surface area contributed by atoms with Crippen molar-refractivity contribution in [1.82, 2.24) is 5.32 Å². The highest BCUT2D eigenvalue weighted by atomic mass is 16.6. The molecule has 0 aromatic rings. The smallest absolute Gasteiger partial charge is 0.408 e. The largest absolute Gasteiger partial charge is 0.480 e. The van der Waals surface area contributed by atoms with Crippen LogP contribution < -0.4 is 5.32 Å². The normalized spacial score (nSPS) is 39.8. The van der Waals surface area contributed by atoms with Gasteiger partial charge in [-0.3, -0.25) is 0 Å². The number of ether oxygens (including phenoxy) is 1. The Morgan fingerprint density at radius 3 is 2.17 bits per heavy atom. The monoisotopic (exact) mass is 325 g/mol. The minimum absolute atomic E-state index is 0.364. The van der Waals surface area contributed by atoms with Gasteiger partial charge in [-0.2, -0.15) is 0 Å². The second-order valence-corrected chi connectivity index (χ2v) is 8.97. The van der Waals surface area contributed by atoms with Crippen LogP contribution >= 0.6 is 0 Å². The number of nitrogens with one attached hydrogen (secondary N) is 1. The van der Waals surface area contributed by atoms with Crippen LogP contribution in [0, 0.1) is 17.3 Å². The van der Waals surface area contributed by atoms with E-state index in [4.69, 9.17) is 4.74 Å². The summed E-state index contributed by atoms with van der Waals surface area (Å²) in [5.74, 6) is -0.312. The van der Waals surface area contributed by atoms with Gasteiger partial charge in [0.25, 0.3) is 0 Å². The minimum atomic E-state index is -1.04. The van der Waals surface area contributed by atoms with Crippen LogP contribution in [-0.2, 0) is 9.53 Å². The Morgan fingerprint density at radius 1 is 1.17 bits per heavy atom. The summed E-state index contributed by atoms with van der Waals surface area (Å²) in [4.78, 5) is 24.0. The summed E-state index contributed by atoms with van der Waals surface area (Å²) in [5, 5.41) is 23.1. The average Bonchev–Trinajstić information content (AvgIpc) is 2.29. The molecular formula is C17H27NO5. The van der Waals surface area contributed by atoms with Gasteiger partial charge < -0.3 is 20.3 Å². The molecule has 0 heterocycles. The van der Waals surface area contributed by atoms with Crippen molar-refractivity contribution in [3.05, 3.63) is 0 Å². The van der Waals surface area contributed by atoms with E-state index in [-0.39, 0.29) is 0 Å². The zero-order valence-corrected chi connectivity index (χ0v) is 14.1. The van der Waals surface area contributed by atoms with Crippen molar-refractivity contribution in [2.75, 3.05) is 0 Å². The lowest BCUT2D eigenvalue weighted by Crippen LogP contribution is -2.64. The maximum Gasteiger partial charge on any atom is 0.408 e. The molecule has 4 aliphatic carbocycles. The van der Waals surface area contributed by atoms with Gasteiger partial charge in [-0.15, -0.1) is 0 Å². The third kappa shape index (κ3) is 3.18. The predicted octanol–water partition coefficient (Wildman–Crippen LogP) is 2.30. The topological polar surface area (TPSA) is 95.9 Å². The Morgan fingerprint density at radius 2 is 1.74 bits per heavy atom. The fourth-order valence-corrected chi connectivity index (χ4v) is 5.52. The molecule has 4 bridgehead atoms. The number of aliphatic hydroxyl groups is 1. The van der Waals surface area contributed by atoms with Crippen LogP contribution in [0.5, 0.6) is 0 Å². The SMILES string of the molecule is CC(C)(C)OC(=O)NC(C(=O)O)C12CC3CC(CC(O)(C3)C1)C2. The molecule has 0 spiro atoms. The van der Waals surface area contributed by atoms with Crippen molar-refractivity contribution in [1.29, 1.82) is 0 Å². The molecule has 3 N–H and O–H groups in total. The van der Waals surface area contributed by atoms with Crippen molar-refractivity contribution in [2.45, 2.75) is 76.5 Å². The summed E-state index contributed by atoms with van der Waals surface area (Å²) in [7, 11) is 0. The third-order valence-corrected chi connectivity index (χ3v) is 5.60. The van der Waals surface area contributed by atoms with Crippen LogP contribution in [0.25, 0.3) is 0 Å². The molecule has 23 heavy (non-hydrogen) atoms. The maximum atomic E-state index is 12.1. The number of carboxylic acids is 1. The first-order valence-electron chi connectivity index (χ1n) is 8.45. The van der Waals surface area contributed by atoms with Gasteiger partial charge in [-0.25, -0.2) is 9.59 Å². The first kappa shape index (κ1) is 16.6. The molecule has 0 aromatic carbocycles. The fraction of sp³-hybridized carbons (Fsp3) is 0.882. The van der Waals surface area contributed by atoms with Gasteiger partial charge in [0.15, 0.2) is 0 Å². The molecule has 4 fully saturated rings. The van der Waals surface area contributed by atoms with E-state index in [1.165, 1.54) is 0 Å². The predicted molar refractivity (Wildman–Crippen MR) is 82.9 cm³/mol.